The van der Waals surface area contributed by atoms with Crippen LogP contribution in [0.5, 0.6) is 0 Å². The van der Waals surface area contributed by atoms with E-state index in [9.17, 15) is 14.4 Å². The molecule has 2 rings (SSSR count). The molecule has 0 aliphatic carbocycles. The smallest absolute Gasteiger partial charge is 0.343 e. The first-order valence-corrected chi connectivity index (χ1v) is 6.95. The number of benzene rings is 1. The highest BCUT2D eigenvalue weighted by molar-refractivity contribution is 9.10. The van der Waals surface area contributed by atoms with E-state index in [-0.39, 0.29) is 24.1 Å². The van der Waals surface area contributed by atoms with Crippen molar-refractivity contribution in [1.29, 1.82) is 0 Å². The van der Waals surface area contributed by atoms with Crippen molar-refractivity contribution in [3.05, 3.63) is 44.7 Å². The summed E-state index contributed by atoms with van der Waals surface area (Å²) >= 11 is 3.25. The molecule has 0 aliphatic heterocycles. The van der Waals surface area contributed by atoms with E-state index >= 15 is 0 Å². The maximum atomic E-state index is 12.4. The van der Waals surface area contributed by atoms with Crippen molar-refractivity contribution in [3.8, 4) is 0 Å². The maximum Gasteiger partial charge on any atom is 0.343 e. The zero-order valence-electron chi connectivity index (χ0n) is 11.1. The lowest BCUT2D eigenvalue weighted by atomic mass is 10.1. The summed E-state index contributed by atoms with van der Waals surface area (Å²) in [4.78, 5) is 35.1. The lowest BCUT2D eigenvalue weighted by molar-refractivity contribution is -0.137. The fourth-order valence-corrected chi connectivity index (χ4v) is 2.36. The third kappa shape index (κ3) is 3.13. The third-order valence-corrected chi connectivity index (χ3v) is 3.34. The summed E-state index contributed by atoms with van der Waals surface area (Å²) in [5.41, 5.74) is -0.214. The molecule has 1 aromatic carbocycles. The first kappa shape index (κ1) is 15.2. The van der Waals surface area contributed by atoms with Crippen LogP contribution in [0.1, 0.15) is 17.3 Å². The minimum atomic E-state index is -1.07. The van der Waals surface area contributed by atoms with Gasteiger partial charge in [-0.05, 0) is 25.1 Å². The number of nitrogens with zero attached hydrogens (tertiary/aromatic N) is 1. The maximum absolute atomic E-state index is 12.4. The zero-order chi connectivity index (χ0) is 15.6. The summed E-state index contributed by atoms with van der Waals surface area (Å²) in [5, 5.41) is 9.22. The van der Waals surface area contributed by atoms with Crippen LogP contribution in [-0.2, 0) is 16.1 Å². The van der Waals surface area contributed by atoms with Crippen LogP contribution >= 0.6 is 15.9 Å². The number of carboxylic acid groups (broad SMARTS) is 1. The van der Waals surface area contributed by atoms with Crippen LogP contribution in [0.4, 0.5) is 0 Å². The summed E-state index contributed by atoms with van der Waals surface area (Å²) in [5.74, 6) is -1.83. The van der Waals surface area contributed by atoms with Crippen molar-refractivity contribution in [2.24, 2.45) is 0 Å². The van der Waals surface area contributed by atoms with E-state index in [0.29, 0.717) is 9.99 Å². The van der Waals surface area contributed by atoms with E-state index in [2.05, 4.69) is 15.9 Å². The Hall–Kier alpha value is -2.15. The highest BCUT2D eigenvalue weighted by atomic mass is 79.9. The molecule has 1 heterocycles. The molecule has 21 heavy (non-hydrogen) atoms. The monoisotopic (exact) mass is 353 g/mol. The number of hydrogen-bond donors (Lipinski definition) is 1. The van der Waals surface area contributed by atoms with Crippen molar-refractivity contribution < 1.29 is 19.4 Å². The van der Waals surface area contributed by atoms with Crippen LogP contribution in [0.15, 0.2) is 33.7 Å². The van der Waals surface area contributed by atoms with E-state index in [1.165, 1.54) is 10.8 Å². The third-order valence-electron chi connectivity index (χ3n) is 2.84. The fourth-order valence-electron chi connectivity index (χ4n) is 2.00. The first-order chi connectivity index (χ1) is 9.93. The van der Waals surface area contributed by atoms with Crippen LogP contribution < -0.4 is 5.43 Å². The minimum Gasteiger partial charge on any atom is -0.480 e. The molecule has 0 unspecified atom stereocenters. The molecule has 7 heteroatoms. The number of halogens is 1. The molecular weight excluding hydrogens is 342 g/mol. The minimum absolute atomic E-state index is 0.133. The molecule has 0 bridgehead atoms. The molecule has 0 fully saturated rings. The average molecular weight is 354 g/mol. The van der Waals surface area contributed by atoms with Crippen molar-refractivity contribution in [2.75, 3.05) is 6.61 Å². The van der Waals surface area contributed by atoms with Crippen LogP contribution in [0.25, 0.3) is 10.9 Å². The van der Waals surface area contributed by atoms with Gasteiger partial charge in [0.25, 0.3) is 0 Å². The van der Waals surface area contributed by atoms with Crippen molar-refractivity contribution in [2.45, 2.75) is 13.5 Å². The second-order valence-corrected chi connectivity index (χ2v) is 5.19. The quantitative estimate of drug-likeness (QED) is 0.850. The van der Waals surface area contributed by atoms with Gasteiger partial charge >= 0.3 is 11.9 Å². The van der Waals surface area contributed by atoms with Gasteiger partial charge in [0.15, 0.2) is 0 Å². The molecule has 1 aromatic heterocycles. The van der Waals surface area contributed by atoms with Gasteiger partial charge in [-0.2, -0.15) is 0 Å². The Morgan fingerprint density at radius 1 is 1.38 bits per heavy atom. The topological polar surface area (TPSA) is 85.6 Å². The Labute approximate surface area is 128 Å². The second-order valence-electron chi connectivity index (χ2n) is 4.28. The number of carboxylic acids is 1. The number of fused-ring (bicyclic) bond motifs is 1. The average Bonchev–Trinajstić information content (AvgIpc) is 2.41. The number of carbonyl (C=O) groups excluding carboxylic acids is 1. The summed E-state index contributed by atoms with van der Waals surface area (Å²) in [6.07, 6.45) is 1.23. The summed E-state index contributed by atoms with van der Waals surface area (Å²) in [6, 6.07) is 4.88. The number of rotatable bonds is 4. The van der Waals surface area contributed by atoms with Gasteiger partial charge in [-0.25, -0.2) is 4.79 Å². The number of hydrogen-bond acceptors (Lipinski definition) is 4. The Morgan fingerprint density at radius 3 is 2.71 bits per heavy atom. The van der Waals surface area contributed by atoms with Gasteiger partial charge in [-0.1, -0.05) is 15.9 Å². The van der Waals surface area contributed by atoms with E-state index in [1.807, 2.05) is 0 Å². The SMILES string of the molecule is CCOC(=O)c1cn(CC(=O)O)c2ccc(Br)cc2c1=O. The van der Waals surface area contributed by atoms with Gasteiger partial charge in [0.1, 0.15) is 12.1 Å². The van der Waals surface area contributed by atoms with Crippen molar-refractivity contribution in [3.63, 3.8) is 0 Å². The molecule has 0 saturated heterocycles. The van der Waals surface area contributed by atoms with Gasteiger partial charge in [0, 0.05) is 16.1 Å². The van der Waals surface area contributed by atoms with Gasteiger partial charge in [-0.15, -0.1) is 0 Å². The lowest BCUT2D eigenvalue weighted by Crippen LogP contribution is -2.22. The molecule has 2 aromatic rings. The van der Waals surface area contributed by atoms with Gasteiger partial charge < -0.3 is 14.4 Å². The molecule has 0 spiro atoms. The molecule has 6 nitrogen and oxygen atoms in total. The number of ether oxygens (including phenoxy) is 1. The molecular formula is C14H12BrNO5. The molecule has 0 saturated carbocycles. The highest BCUT2D eigenvalue weighted by Gasteiger charge is 2.17. The normalized spacial score (nSPS) is 10.6. The van der Waals surface area contributed by atoms with Gasteiger partial charge in [0.2, 0.25) is 5.43 Å². The Balaban J connectivity index is 2.76. The van der Waals surface area contributed by atoms with Gasteiger partial charge in [-0.3, -0.25) is 9.59 Å². The Kier molecular flexibility index (Phi) is 4.42. The van der Waals surface area contributed by atoms with Crippen LogP contribution in [0.2, 0.25) is 0 Å². The molecule has 110 valence electrons. The number of aliphatic carboxylic acids is 1. The largest absolute Gasteiger partial charge is 0.480 e. The Bertz CT molecular complexity index is 781. The molecule has 0 amide bonds. The Morgan fingerprint density at radius 2 is 2.10 bits per heavy atom. The standard InChI is InChI=1S/C14H12BrNO5/c1-2-21-14(20)10-6-16(7-12(17)18)11-4-3-8(15)5-9(11)13(10)19/h3-6H,2,7H2,1H3,(H,17,18). The van der Waals surface area contributed by atoms with Crippen LogP contribution in [0, 0.1) is 0 Å². The van der Waals surface area contributed by atoms with Gasteiger partial charge in [0.05, 0.1) is 12.1 Å². The highest BCUT2D eigenvalue weighted by Crippen LogP contribution is 2.18. The van der Waals surface area contributed by atoms with E-state index in [4.69, 9.17) is 9.84 Å². The molecule has 0 aliphatic rings. The fraction of sp³-hybridized carbons (Fsp3) is 0.214. The second kappa shape index (κ2) is 6.09. The van der Waals surface area contributed by atoms with E-state index < -0.39 is 17.4 Å². The number of carbonyl (C=O) groups is 2. The first-order valence-electron chi connectivity index (χ1n) is 6.15. The predicted octanol–water partition coefficient (Wildman–Crippen LogP) is 2.03. The number of aromatic nitrogens is 1. The van der Waals surface area contributed by atoms with Crippen molar-refractivity contribution >= 4 is 38.8 Å². The molecule has 1 N–H and O–H groups in total. The zero-order valence-corrected chi connectivity index (χ0v) is 12.7. The van der Waals surface area contributed by atoms with Crippen LogP contribution in [0.3, 0.4) is 0 Å². The summed E-state index contributed by atoms with van der Waals surface area (Å²) in [7, 11) is 0. The number of esters is 1. The molecule has 0 atom stereocenters. The number of pyridine rings is 1. The summed E-state index contributed by atoms with van der Waals surface area (Å²) in [6.45, 7) is 1.41. The van der Waals surface area contributed by atoms with E-state index in [0.717, 1.165) is 0 Å². The molecule has 0 radical (unpaired) electrons. The predicted molar refractivity (Wildman–Crippen MR) is 79.5 cm³/mol. The summed E-state index contributed by atoms with van der Waals surface area (Å²) < 4.78 is 6.84. The lowest BCUT2D eigenvalue weighted by Gasteiger charge is -2.11. The van der Waals surface area contributed by atoms with Crippen LogP contribution in [-0.4, -0.2) is 28.2 Å². The van der Waals surface area contributed by atoms with Crippen molar-refractivity contribution in [1.82, 2.24) is 4.57 Å². The van der Waals surface area contributed by atoms with E-state index in [1.54, 1.807) is 25.1 Å².